The molecule has 1 unspecified atom stereocenters. The Balaban J connectivity index is 0.00000341. The summed E-state index contributed by atoms with van der Waals surface area (Å²) in [6, 6.07) is 0.585. The third-order valence-electron chi connectivity index (χ3n) is 6.16. The highest BCUT2D eigenvalue weighted by atomic mass is 127. The van der Waals surface area contributed by atoms with E-state index in [9.17, 15) is 4.79 Å². The van der Waals surface area contributed by atoms with Crippen molar-refractivity contribution >= 4 is 47.6 Å². The van der Waals surface area contributed by atoms with Gasteiger partial charge in [0.05, 0.1) is 12.2 Å². The van der Waals surface area contributed by atoms with Crippen molar-refractivity contribution in [2.75, 3.05) is 52.3 Å². The highest BCUT2D eigenvalue weighted by Gasteiger charge is 2.30. The number of nitrogens with one attached hydrogen (secondary N) is 2. The molecule has 0 radical (unpaired) electrons. The Morgan fingerprint density at radius 3 is 2.52 bits per heavy atom. The quantitative estimate of drug-likeness (QED) is 0.313. The molecule has 176 valence electrons. The molecule has 1 atom stereocenters. The molecule has 1 aliphatic carbocycles. The first-order chi connectivity index (χ1) is 14.5. The number of aromatic nitrogens is 2. The minimum absolute atomic E-state index is 0. The number of hydrogen-bond acceptors (Lipinski definition) is 5. The number of halogens is 1. The summed E-state index contributed by atoms with van der Waals surface area (Å²) in [4.78, 5) is 21.4. The lowest BCUT2D eigenvalue weighted by Crippen LogP contribution is -2.48. The molecule has 1 aromatic heterocycles. The molecule has 2 heterocycles. The summed E-state index contributed by atoms with van der Waals surface area (Å²) in [5.74, 6) is 3.56. The predicted molar refractivity (Wildman–Crippen MR) is 139 cm³/mol. The van der Waals surface area contributed by atoms with Crippen LogP contribution in [0.25, 0.3) is 0 Å². The largest absolute Gasteiger partial charge is 0.354 e. The third-order valence-corrected chi connectivity index (χ3v) is 7.10. The van der Waals surface area contributed by atoms with Gasteiger partial charge in [0.25, 0.3) is 0 Å². The van der Waals surface area contributed by atoms with E-state index in [1.54, 1.807) is 0 Å². The van der Waals surface area contributed by atoms with Gasteiger partial charge in [-0.05, 0) is 39.8 Å². The van der Waals surface area contributed by atoms with Gasteiger partial charge in [0.1, 0.15) is 0 Å². The summed E-state index contributed by atoms with van der Waals surface area (Å²) in [5, 5.41) is 11.3. The fourth-order valence-electron chi connectivity index (χ4n) is 4.32. The first-order valence-electron chi connectivity index (χ1n) is 11.0. The Hall–Kier alpha value is -1.01. The zero-order chi connectivity index (χ0) is 21.5. The lowest BCUT2D eigenvalue weighted by molar-refractivity contribution is -0.136. The van der Waals surface area contributed by atoms with E-state index < -0.39 is 0 Å². The summed E-state index contributed by atoms with van der Waals surface area (Å²) < 4.78 is 1.83. The van der Waals surface area contributed by atoms with Crippen LogP contribution in [-0.2, 0) is 11.8 Å². The number of aryl methyl sites for hydroxylation is 1. The number of thioether (sulfide) groups is 1. The highest BCUT2D eigenvalue weighted by Crippen LogP contribution is 2.27. The van der Waals surface area contributed by atoms with Crippen LogP contribution >= 0.6 is 35.7 Å². The Bertz CT molecular complexity index is 712. The van der Waals surface area contributed by atoms with Crippen molar-refractivity contribution in [3.8, 4) is 0 Å². The molecule has 31 heavy (non-hydrogen) atoms. The monoisotopic (exact) mass is 563 g/mol. The summed E-state index contributed by atoms with van der Waals surface area (Å²) in [6.07, 6.45) is 7.93. The Morgan fingerprint density at radius 2 is 1.97 bits per heavy atom. The van der Waals surface area contributed by atoms with Crippen LogP contribution < -0.4 is 10.6 Å². The van der Waals surface area contributed by atoms with Crippen LogP contribution in [0, 0.1) is 5.92 Å². The van der Waals surface area contributed by atoms with E-state index in [1.807, 2.05) is 36.7 Å². The lowest BCUT2D eigenvalue weighted by Gasteiger charge is -2.34. The standard InChI is InChI=1S/C21H37N7OS.HI/c1-22-21(23-14-19(26(2)3)17-13-24-27(4)15-17)25-18-7-5-16(6-8-18)20(29)28-9-11-30-12-10-28;/h13,15-16,18-19H,5-12,14H2,1-4H3,(H2,22,23,25);1H. The number of aliphatic imine (C=N–C) groups is 1. The minimum atomic E-state index is 0. The van der Waals surface area contributed by atoms with Gasteiger partial charge >= 0.3 is 0 Å². The summed E-state index contributed by atoms with van der Waals surface area (Å²) in [6.45, 7) is 2.59. The van der Waals surface area contributed by atoms with Crippen molar-refractivity contribution in [2.24, 2.45) is 18.0 Å². The van der Waals surface area contributed by atoms with Gasteiger partial charge in [0.15, 0.2) is 5.96 Å². The second kappa shape index (κ2) is 12.9. The van der Waals surface area contributed by atoms with Crippen LogP contribution in [0.4, 0.5) is 0 Å². The summed E-state index contributed by atoms with van der Waals surface area (Å²) in [7, 11) is 7.91. The van der Waals surface area contributed by atoms with Crippen molar-refractivity contribution in [3.05, 3.63) is 18.0 Å². The number of carbonyl (C=O) groups is 1. The molecule has 2 fully saturated rings. The van der Waals surface area contributed by atoms with E-state index in [-0.39, 0.29) is 35.9 Å². The van der Waals surface area contributed by atoms with Gasteiger partial charge in [0, 0.05) is 69.0 Å². The first-order valence-corrected chi connectivity index (χ1v) is 12.1. The van der Waals surface area contributed by atoms with Crippen LogP contribution in [0.3, 0.4) is 0 Å². The van der Waals surface area contributed by atoms with E-state index in [2.05, 4.69) is 50.8 Å². The van der Waals surface area contributed by atoms with Crippen molar-refractivity contribution in [3.63, 3.8) is 0 Å². The molecular formula is C21H38IN7OS. The van der Waals surface area contributed by atoms with Gasteiger partial charge in [-0.15, -0.1) is 24.0 Å². The second-order valence-corrected chi connectivity index (χ2v) is 9.74. The van der Waals surface area contributed by atoms with Gasteiger partial charge < -0.3 is 20.4 Å². The summed E-state index contributed by atoms with van der Waals surface area (Å²) in [5.41, 5.74) is 1.18. The molecular weight excluding hydrogens is 525 g/mol. The maximum Gasteiger partial charge on any atom is 0.225 e. The van der Waals surface area contributed by atoms with Crippen LogP contribution in [0.15, 0.2) is 17.4 Å². The molecule has 1 aromatic rings. The van der Waals surface area contributed by atoms with E-state index in [0.29, 0.717) is 11.9 Å². The van der Waals surface area contributed by atoms with Gasteiger partial charge in [-0.25, -0.2) is 0 Å². The summed E-state index contributed by atoms with van der Waals surface area (Å²) >= 11 is 1.95. The van der Waals surface area contributed by atoms with Crippen molar-refractivity contribution in [2.45, 2.75) is 37.8 Å². The zero-order valence-corrected chi connectivity index (χ0v) is 22.4. The van der Waals surface area contributed by atoms with Crippen LogP contribution in [0.2, 0.25) is 0 Å². The van der Waals surface area contributed by atoms with Gasteiger partial charge in [0.2, 0.25) is 5.91 Å². The van der Waals surface area contributed by atoms with E-state index in [1.165, 1.54) is 5.56 Å². The maximum absolute atomic E-state index is 12.8. The second-order valence-electron chi connectivity index (χ2n) is 8.51. The molecule has 8 nitrogen and oxygen atoms in total. The molecule has 2 aliphatic rings. The Labute approximate surface area is 208 Å². The van der Waals surface area contributed by atoms with Crippen LogP contribution in [0.5, 0.6) is 0 Å². The lowest BCUT2D eigenvalue weighted by atomic mass is 9.85. The van der Waals surface area contributed by atoms with Gasteiger partial charge in [-0.2, -0.15) is 16.9 Å². The first kappa shape index (κ1) is 26.2. The minimum Gasteiger partial charge on any atom is -0.354 e. The zero-order valence-electron chi connectivity index (χ0n) is 19.2. The van der Waals surface area contributed by atoms with E-state index in [4.69, 9.17) is 0 Å². The molecule has 2 N–H and O–H groups in total. The predicted octanol–water partition coefficient (Wildman–Crippen LogP) is 1.94. The SMILES string of the molecule is CN=C(NCC(c1cnn(C)c1)N(C)C)NC1CCC(C(=O)N2CCSCC2)CC1.I. The molecule has 0 bridgehead atoms. The molecule has 1 saturated heterocycles. The fraction of sp³-hybridized carbons (Fsp3) is 0.762. The molecule has 10 heteroatoms. The number of carbonyl (C=O) groups excluding carboxylic acids is 1. The third kappa shape index (κ3) is 7.52. The molecule has 1 amide bonds. The number of hydrogen-bond donors (Lipinski definition) is 2. The van der Waals surface area contributed by atoms with E-state index in [0.717, 1.165) is 62.8 Å². The number of amides is 1. The normalized spacial score (nSPS) is 23.3. The Kier molecular flexibility index (Phi) is 10.9. The Morgan fingerprint density at radius 1 is 1.29 bits per heavy atom. The van der Waals surface area contributed by atoms with Crippen LogP contribution in [0.1, 0.15) is 37.3 Å². The van der Waals surface area contributed by atoms with Crippen LogP contribution in [-0.4, -0.2) is 89.8 Å². The average Bonchev–Trinajstić information content (AvgIpc) is 3.19. The molecule has 0 aromatic carbocycles. The van der Waals surface area contributed by atoms with Crippen molar-refractivity contribution < 1.29 is 4.79 Å². The topological polar surface area (TPSA) is 77.8 Å². The number of likely N-dealkylation sites (N-methyl/N-ethyl adjacent to an activating group) is 1. The molecule has 1 saturated carbocycles. The number of nitrogens with zero attached hydrogens (tertiary/aromatic N) is 5. The fourth-order valence-corrected chi connectivity index (χ4v) is 5.22. The van der Waals surface area contributed by atoms with E-state index >= 15 is 0 Å². The van der Waals surface area contributed by atoms with Crippen molar-refractivity contribution in [1.29, 1.82) is 0 Å². The average molecular weight is 564 g/mol. The van der Waals surface area contributed by atoms with Crippen molar-refractivity contribution in [1.82, 2.24) is 30.2 Å². The number of guanidine groups is 1. The molecule has 0 spiro atoms. The maximum atomic E-state index is 12.8. The molecule has 3 rings (SSSR count). The molecule has 1 aliphatic heterocycles. The van der Waals surface area contributed by atoms with Gasteiger partial charge in [-0.1, -0.05) is 0 Å². The number of rotatable bonds is 6. The highest BCUT2D eigenvalue weighted by molar-refractivity contribution is 14.0. The smallest absolute Gasteiger partial charge is 0.225 e. The van der Waals surface area contributed by atoms with Gasteiger partial charge in [-0.3, -0.25) is 14.5 Å².